The van der Waals surface area contributed by atoms with Gasteiger partial charge >= 0.3 is 0 Å². The molecule has 3 aromatic rings. The van der Waals surface area contributed by atoms with Crippen LogP contribution in [0.3, 0.4) is 0 Å². The molecule has 1 aliphatic heterocycles. The summed E-state index contributed by atoms with van der Waals surface area (Å²) in [7, 11) is 3.30. The number of ether oxygens (including phenoxy) is 3. The number of benzene rings is 3. The topological polar surface area (TPSA) is 68.8 Å². The highest BCUT2D eigenvalue weighted by Gasteiger charge is 2.37. The summed E-state index contributed by atoms with van der Waals surface area (Å²) < 4.78 is 17.9. The van der Waals surface area contributed by atoms with Gasteiger partial charge in [-0.1, -0.05) is 30.3 Å². The summed E-state index contributed by atoms with van der Waals surface area (Å²) in [6.45, 7) is 2.45. The monoisotopic (exact) mass is 548 g/mol. The number of hydrogen-bond donors (Lipinski definition) is 2. The zero-order valence-corrected chi connectivity index (χ0v) is 22.1. The van der Waals surface area contributed by atoms with E-state index < -0.39 is 0 Å². The molecule has 2 N–H and O–H groups in total. The van der Waals surface area contributed by atoms with Gasteiger partial charge in [-0.15, -0.1) is 0 Å². The minimum atomic E-state index is -0.358. The van der Waals surface area contributed by atoms with E-state index in [4.69, 9.17) is 14.2 Å². The van der Waals surface area contributed by atoms with E-state index in [1.165, 1.54) is 0 Å². The number of fused-ring (bicyclic) bond motifs is 1. The number of hydrogen-bond acceptors (Lipinski definition) is 6. The zero-order chi connectivity index (χ0) is 25.2. The molecule has 0 saturated heterocycles. The third-order valence-electron chi connectivity index (χ3n) is 6.76. The second-order valence-corrected chi connectivity index (χ2v) is 9.73. The molecule has 3 aromatic carbocycles. The quantitative estimate of drug-likeness (QED) is 0.351. The van der Waals surface area contributed by atoms with Crippen LogP contribution in [0.2, 0.25) is 0 Å². The van der Waals surface area contributed by atoms with Crippen molar-refractivity contribution in [2.75, 3.05) is 31.5 Å². The average molecular weight is 549 g/mol. The Kier molecular flexibility index (Phi) is 6.92. The molecular formula is C29H29BrN2O4. The van der Waals surface area contributed by atoms with Crippen molar-refractivity contribution >= 4 is 33.1 Å². The molecule has 2 unspecified atom stereocenters. The molecule has 36 heavy (non-hydrogen) atoms. The van der Waals surface area contributed by atoms with Gasteiger partial charge in [0.15, 0.2) is 17.3 Å². The molecule has 2 aliphatic rings. The summed E-state index contributed by atoms with van der Waals surface area (Å²) in [5, 5.41) is 7.22. The first-order valence-electron chi connectivity index (χ1n) is 12.1. The Morgan fingerprint density at radius 1 is 0.944 bits per heavy atom. The maximum Gasteiger partial charge on any atom is 0.175 e. The molecule has 1 heterocycles. The highest BCUT2D eigenvalue weighted by atomic mass is 79.9. The first-order chi connectivity index (χ1) is 17.5. The SMILES string of the molecule is CCOc1c(Br)cc(C2Nc3ccccc3NC3=C2C(=O)CC(c2ccccc2OC)C3)cc1OC. The van der Waals surface area contributed by atoms with Gasteiger partial charge in [0.1, 0.15) is 5.75 Å². The Hall–Kier alpha value is -3.45. The first kappa shape index (κ1) is 24.3. The fourth-order valence-corrected chi connectivity index (χ4v) is 5.73. The summed E-state index contributed by atoms with van der Waals surface area (Å²) in [6, 6.07) is 19.6. The lowest BCUT2D eigenvalue weighted by atomic mass is 9.78. The molecule has 186 valence electrons. The van der Waals surface area contributed by atoms with Crippen LogP contribution in [-0.2, 0) is 4.79 Å². The van der Waals surface area contributed by atoms with Crippen molar-refractivity contribution in [3.63, 3.8) is 0 Å². The standard InChI is InChI=1S/C29H29BrN2O4/c1-4-36-29-20(30)13-18(16-26(29)35-3)28-27-23(31-21-10-6-7-11-22(21)32-28)14-17(15-24(27)33)19-9-5-8-12-25(19)34-2/h5-13,16-17,28,31-32H,4,14-15H2,1-3H3. The maximum atomic E-state index is 13.9. The molecular weight excluding hydrogens is 520 g/mol. The Labute approximate surface area is 219 Å². The van der Waals surface area contributed by atoms with Gasteiger partial charge < -0.3 is 24.8 Å². The van der Waals surface area contributed by atoms with Crippen LogP contribution in [0.15, 0.2) is 76.4 Å². The third kappa shape index (κ3) is 4.44. The Morgan fingerprint density at radius 2 is 1.67 bits per heavy atom. The van der Waals surface area contributed by atoms with Crippen molar-refractivity contribution in [3.05, 3.63) is 87.5 Å². The molecule has 0 saturated carbocycles. The smallest absolute Gasteiger partial charge is 0.175 e. The lowest BCUT2D eigenvalue weighted by Gasteiger charge is -2.30. The second kappa shape index (κ2) is 10.3. The molecule has 0 radical (unpaired) electrons. The summed E-state index contributed by atoms with van der Waals surface area (Å²) in [6.07, 6.45) is 1.11. The van der Waals surface area contributed by atoms with Crippen LogP contribution < -0.4 is 24.8 Å². The van der Waals surface area contributed by atoms with Crippen molar-refractivity contribution in [2.24, 2.45) is 0 Å². The van der Waals surface area contributed by atoms with Crippen LogP contribution >= 0.6 is 15.9 Å². The Balaban J connectivity index is 1.63. The van der Waals surface area contributed by atoms with Crippen molar-refractivity contribution < 1.29 is 19.0 Å². The minimum Gasteiger partial charge on any atom is -0.496 e. The van der Waals surface area contributed by atoms with Crippen LogP contribution in [0.4, 0.5) is 11.4 Å². The molecule has 6 nitrogen and oxygen atoms in total. The largest absolute Gasteiger partial charge is 0.496 e. The van der Waals surface area contributed by atoms with E-state index in [0.29, 0.717) is 30.9 Å². The lowest BCUT2D eigenvalue weighted by Crippen LogP contribution is -2.27. The Morgan fingerprint density at radius 3 is 2.42 bits per heavy atom. The number of para-hydroxylation sites is 3. The van der Waals surface area contributed by atoms with Gasteiger partial charge in [0.05, 0.1) is 42.7 Å². The molecule has 5 rings (SSSR count). The number of nitrogens with one attached hydrogen (secondary N) is 2. The van der Waals surface area contributed by atoms with Gasteiger partial charge in [0.2, 0.25) is 0 Å². The van der Waals surface area contributed by atoms with E-state index in [1.807, 2.05) is 61.5 Å². The molecule has 2 atom stereocenters. The predicted octanol–water partition coefficient (Wildman–Crippen LogP) is 6.84. The van der Waals surface area contributed by atoms with Crippen LogP contribution in [0, 0.1) is 0 Å². The van der Waals surface area contributed by atoms with Gasteiger partial charge in [0, 0.05) is 23.6 Å². The van der Waals surface area contributed by atoms with E-state index in [9.17, 15) is 4.79 Å². The van der Waals surface area contributed by atoms with Gasteiger partial charge in [-0.3, -0.25) is 4.79 Å². The number of allylic oxidation sites excluding steroid dienone is 1. The number of methoxy groups -OCH3 is 2. The first-order valence-corrected chi connectivity index (χ1v) is 12.8. The molecule has 0 fully saturated rings. The number of halogens is 1. The maximum absolute atomic E-state index is 13.9. The van der Waals surface area contributed by atoms with Gasteiger partial charge in [-0.05, 0) is 70.7 Å². The number of carbonyl (C=O) groups excluding carboxylic acids is 1. The van der Waals surface area contributed by atoms with E-state index >= 15 is 0 Å². The fraction of sp³-hybridized carbons (Fsp3) is 0.276. The van der Waals surface area contributed by atoms with E-state index in [1.54, 1.807) is 14.2 Å². The van der Waals surface area contributed by atoms with E-state index in [0.717, 1.165) is 44.0 Å². The minimum absolute atomic E-state index is 0.0208. The molecule has 0 aromatic heterocycles. The van der Waals surface area contributed by atoms with Crippen molar-refractivity contribution in [1.82, 2.24) is 0 Å². The lowest BCUT2D eigenvalue weighted by molar-refractivity contribution is -0.116. The highest BCUT2D eigenvalue weighted by Crippen LogP contribution is 2.47. The van der Waals surface area contributed by atoms with Gasteiger partial charge in [-0.25, -0.2) is 0 Å². The predicted molar refractivity (Wildman–Crippen MR) is 145 cm³/mol. The van der Waals surface area contributed by atoms with Crippen molar-refractivity contribution in [2.45, 2.75) is 31.7 Å². The molecule has 7 heteroatoms. The highest BCUT2D eigenvalue weighted by molar-refractivity contribution is 9.10. The summed E-state index contributed by atoms with van der Waals surface area (Å²) in [4.78, 5) is 13.9. The fourth-order valence-electron chi connectivity index (χ4n) is 5.16. The van der Waals surface area contributed by atoms with Gasteiger partial charge in [0.25, 0.3) is 0 Å². The van der Waals surface area contributed by atoms with Crippen LogP contribution in [0.5, 0.6) is 17.2 Å². The number of Topliss-reactive ketones (excluding diaryl/α,β-unsaturated/α-hetero) is 1. The number of rotatable bonds is 6. The normalized spacial score (nSPS) is 18.8. The van der Waals surface area contributed by atoms with Gasteiger partial charge in [-0.2, -0.15) is 0 Å². The van der Waals surface area contributed by atoms with Crippen molar-refractivity contribution in [1.29, 1.82) is 0 Å². The second-order valence-electron chi connectivity index (χ2n) is 8.88. The average Bonchev–Trinajstić information content (AvgIpc) is 3.06. The molecule has 0 spiro atoms. The molecule has 1 aliphatic carbocycles. The summed E-state index contributed by atoms with van der Waals surface area (Å²) in [5.41, 5.74) is 5.51. The van der Waals surface area contributed by atoms with Crippen LogP contribution in [0.1, 0.15) is 42.9 Å². The number of anilines is 2. The summed E-state index contributed by atoms with van der Waals surface area (Å²) in [5.74, 6) is 2.20. The van der Waals surface area contributed by atoms with Crippen LogP contribution in [0.25, 0.3) is 0 Å². The third-order valence-corrected chi connectivity index (χ3v) is 7.35. The van der Waals surface area contributed by atoms with Crippen molar-refractivity contribution in [3.8, 4) is 17.2 Å². The number of ketones is 1. The summed E-state index contributed by atoms with van der Waals surface area (Å²) >= 11 is 3.65. The Bertz CT molecular complexity index is 1340. The molecule has 0 bridgehead atoms. The van der Waals surface area contributed by atoms with Crippen LogP contribution in [-0.4, -0.2) is 26.6 Å². The number of carbonyl (C=O) groups is 1. The van der Waals surface area contributed by atoms with E-state index in [2.05, 4.69) is 32.6 Å². The molecule has 0 amide bonds. The zero-order valence-electron chi connectivity index (χ0n) is 20.6. The van der Waals surface area contributed by atoms with E-state index in [-0.39, 0.29) is 17.7 Å².